The lowest BCUT2D eigenvalue weighted by molar-refractivity contribution is -0.616. The number of hydrogen-bond acceptors (Lipinski definition) is 20. The minimum absolute atomic E-state index is 0.0972. The number of carboxylic acids is 2. The van der Waals surface area contributed by atoms with Crippen molar-refractivity contribution in [3.63, 3.8) is 0 Å². The van der Waals surface area contributed by atoms with Gasteiger partial charge in [0.05, 0.1) is 45.0 Å². The number of primary amides is 1. The molecule has 27 heteroatoms. The Morgan fingerprint density at radius 3 is 1.29 bits per heavy atom. The van der Waals surface area contributed by atoms with E-state index in [1.165, 1.54) is 23.4 Å². The van der Waals surface area contributed by atoms with Gasteiger partial charge < -0.3 is 84.5 Å². The van der Waals surface area contributed by atoms with Gasteiger partial charge in [0, 0.05) is 136 Å². The van der Waals surface area contributed by atoms with Gasteiger partial charge in [-0.15, -0.1) is 0 Å². The fraction of sp³-hybridized carbons (Fsp3) is 0.352. The molecule has 0 unspecified atom stereocenters. The van der Waals surface area contributed by atoms with Gasteiger partial charge in [0.25, 0.3) is 5.91 Å². The Morgan fingerprint density at radius 1 is 0.450 bits per heavy atom. The number of carboxylic acid groups (broad SMARTS) is 2. The third kappa shape index (κ3) is 25.8. The number of amides is 1. The van der Waals surface area contributed by atoms with Crippen molar-refractivity contribution >= 4 is 74.9 Å². The van der Waals surface area contributed by atoms with Gasteiger partial charge in [0.2, 0.25) is 5.69 Å². The molecule has 776 valence electrons. The number of nitrogens with zero attached hydrogens (tertiary/aromatic N) is 8. The van der Waals surface area contributed by atoms with E-state index in [4.69, 9.17) is 69.0 Å². The SMILES string of the molecule is CC(C)(O)c1ccc2c(c1)/C(=C/CCN1CCC(O)(c3ccccc3)CC1)c1cccnc1CO2.CC(C)(Oc1ccc2c(c1)/C(=C/CCN1CCC(c3ccc(Cl)cc3)CC1)c1cccnc1CO2)C(=O)O.CC(C)(Oc1ccc2c(c1)/C(=C/CCN1CCC(c3ccc(Cl)cc3)CC1)c1cccnc1CO2)C(N)=O.CC1(C)CN(CC/C=C2/c3cc(C(=O)O)ccc3OCc3c2ccc[n+]3[O-])CC[C@@]1(O)c1ccc(Cl)cc1. The van der Waals surface area contributed by atoms with Crippen molar-refractivity contribution in [2.24, 2.45) is 11.1 Å². The zero-order valence-electron chi connectivity index (χ0n) is 85.8. The number of hydrogen-bond donors (Lipinski definition) is 6. The fourth-order valence-electron chi connectivity index (χ4n) is 21.2. The van der Waals surface area contributed by atoms with Crippen LogP contribution >= 0.6 is 34.8 Å². The number of likely N-dealkylation sites (tertiary alicyclic amines) is 4. The van der Waals surface area contributed by atoms with Gasteiger partial charge in [-0.2, -0.15) is 4.73 Å². The first-order chi connectivity index (χ1) is 71.5. The number of aromatic nitrogens is 4. The number of pyridine rings is 4. The van der Waals surface area contributed by atoms with E-state index in [2.05, 4.69) is 115 Å². The maximum Gasteiger partial charge on any atom is 0.347 e. The molecule has 1 amide bonds. The Balaban J connectivity index is 0.000000135. The smallest absolute Gasteiger partial charge is 0.347 e. The summed E-state index contributed by atoms with van der Waals surface area (Å²) in [4.78, 5) is 58.7. The molecule has 20 rings (SSSR count). The number of piperidine rings is 4. The molecular weight excluding hydrogens is 1940 g/mol. The average Bonchev–Trinajstić information content (AvgIpc) is 1.57. The topological polar surface area (TPSA) is 312 Å². The van der Waals surface area contributed by atoms with Crippen molar-refractivity contribution in [2.45, 2.75) is 192 Å². The number of benzene rings is 8. The summed E-state index contributed by atoms with van der Waals surface area (Å²) in [5, 5.41) is 67.3. The molecule has 7 N–H and O–H groups in total. The highest BCUT2D eigenvalue weighted by molar-refractivity contribution is 6.31. The van der Waals surface area contributed by atoms with Gasteiger partial charge in [-0.3, -0.25) is 19.7 Å². The van der Waals surface area contributed by atoms with E-state index in [1.807, 2.05) is 152 Å². The monoisotopic (exact) mass is 2070 g/mol. The first kappa shape index (κ1) is 107. The van der Waals surface area contributed by atoms with Crippen molar-refractivity contribution in [3.05, 3.63) is 394 Å². The predicted octanol–water partition coefficient (Wildman–Crippen LogP) is 22.6. The lowest BCUT2D eigenvalue weighted by Gasteiger charge is -2.50. The molecule has 24 nitrogen and oxygen atoms in total. The normalized spacial score (nSPS) is 18.8. The van der Waals surface area contributed by atoms with Crippen molar-refractivity contribution in [1.82, 2.24) is 34.6 Å². The van der Waals surface area contributed by atoms with Crippen molar-refractivity contribution < 1.29 is 73.1 Å². The summed E-state index contributed by atoms with van der Waals surface area (Å²) in [6.45, 7) is 26.6. The molecule has 0 saturated carbocycles. The van der Waals surface area contributed by atoms with Crippen LogP contribution in [0, 0.1) is 10.6 Å². The van der Waals surface area contributed by atoms with E-state index < -0.39 is 51.3 Å². The Bertz CT molecular complexity index is 6700. The molecule has 4 aromatic heterocycles. The van der Waals surface area contributed by atoms with E-state index in [1.54, 1.807) is 84.4 Å². The first-order valence-corrected chi connectivity index (χ1v) is 52.6. The van der Waals surface area contributed by atoms with Crippen LogP contribution in [0.25, 0.3) is 22.3 Å². The van der Waals surface area contributed by atoms with Gasteiger partial charge in [-0.25, -0.2) is 9.59 Å². The molecule has 1 atom stereocenters. The zero-order valence-corrected chi connectivity index (χ0v) is 88.1. The summed E-state index contributed by atoms with van der Waals surface area (Å²) in [6, 6.07) is 71.6. The minimum Gasteiger partial charge on any atom is -0.618 e. The predicted molar refractivity (Wildman–Crippen MR) is 582 cm³/mol. The average molecular weight is 2070 g/mol. The van der Waals surface area contributed by atoms with Crippen LogP contribution in [-0.2, 0) is 52.8 Å². The molecule has 0 aliphatic carbocycles. The second kappa shape index (κ2) is 47.0. The van der Waals surface area contributed by atoms with Crippen molar-refractivity contribution in [3.8, 4) is 34.5 Å². The highest BCUT2D eigenvalue weighted by atomic mass is 35.5. The molecular formula is C122H132Cl3N9O15. The molecule has 8 aliphatic rings. The largest absolute Gasteiger partial charge is 0.618 e. The second-order valence-electron chi connectivity index (χ2n) is 41.8. The number of rotatable bonds is 24. The highest BCUT2D eigenvalue weighted by Gasteiger charge is 2.49. The van der Waals surface area contributed by atoms with Crippen LogP contribution in [0.3, 0.4) is 0 Å². The minimum atomic E-state index is -1.35. The van der Waals surface area contributed by atoms with Crippen LogP contribution in [-0.4, -0.2) is 168 Å². The molecule has 12 heterocycles. The second-order valence-corrected chi connectivity index (χ2v) is 43.1. The maximum absolute atomic E-state index is 12.6. The van der Waals surface area contributed by atoms with E-state index in [9.17, 15) is 45.1 Å². The number of fused-ring (bicyclic) bond motifs is 8. The molecule has 12 aromatic rings. The summed E-state index contributed by atoms with van der Waals surface area (Å²) in [7, 11) is 0. The Kier molecular flexibility index (Phi) is 33.8. The summed E-state index contributed by atoms with van der Waals surface area (Å²) in [5.41, 5.74) is 20.3. The van der Waals surface area contributed by atoms with Crippen molar-refractivity contribution in [2.75, 3.05) is 78.5 Å². The fourth-order valence-corrected chi connectivity index (χ4v) is 21.6. The number of carbonyl (C=O) groups is 3. The van der Waals surface area contributed by atoms with E-state index in [-0.39, 0.29) is 12.2 Å². The van der Waals surface area contributed by atoms with Crippen molar-refractivity contribution in [1.29, 1.82) is 0 Å². The van der Waals surface area contributed by atoms with E-state index >= 15 is 0 Å². The molecule has 4 saturated heterocycles. The highest BCUT2D eigenvalue weighted by Crippen LogP contribution is 2.49. The van der Waals surface area contributed by atoms with E-state index in [0.717, 1.165) is 257 Å². The van der Waals surface area contributed by atoms with Crippen LogP contribution in [0.4, 0.5) is 0 Å². The number of nitrogens with two attached hydrogens (primary N) is 1. The molecule has 0 bridgehead atoms. The number of aliphatic carboxylic acids is 1. The molecule has 8 aromatic carbocycles. The summed E-state index contributed by atoms with van der Waals surface area (Å²) >= 11 is 18.2. The third-order valence-electron chi connectivity index (χ3n) is 30.1. The number of carbonyl (C=O) groups excluding carboxylic acids is 1. The van der Waals surface area contributed by atoms with Gasteiger partial charge in [0.1, 0.15) is 54.3 Å². The zero-order chi connectivity index (χ0) is 105. The Morgan fingerprint density at radius 2 is 0.846 bits per heavy atom. The molecule has 8 aliphatic heterocycles. The third-order valence-corrected chi connectivity index (χ3v) is 30.8. The number of halogens is 3. The summed E-state index contributed by atoms with van der Waals surface area (Å²) in [5.74, 6) is 2.53. The summed E-state index contributed by atoms with van der Waals surface area (Å²) < 4.78 is 36.9. The number of aliphatic hydroxyl groups is 3. The van der Waals surface area contributed by atoms with Crippen LogP contribution in [0.1, 0.15) is 243 Å². The lowest BCUT2D eigenvalue weighted by Crippen LogP contribution is -2.55. The number of ether oxygens (including phenoxy) is 6. The Labute approximate surface area is 887 Å². The van der Waals surface area contributed by atoms with Crippen LogP contribution in [0.15, 0.2) is 274 Å². The molecule has 0 radical (unpaired) electrons. The van der Waals surface area contributed by atoms with Gasteiger partial charge in [0.15, 0.2) is 24.0 Å². The number of aromatic carboxylic acids is 1. The summed E-state index contributed by atoms with van der Waals surface area (Å²) in [6.07, 6.45) is 25.7. The maximum atomic E-state index is 12.6. The molecule has 4 fully saturated rings. The molecule has 149 heavy (non-hydrogen) atoms. The first-order valence-electron chi connectivity index (χ1n) is 51.5. The van der Waals surface area contributed by atoms with E-state index in [0.29, 0.717) is 84.6 Å². The van der Waals surface area contributed by atoms with Gasteiger partial charge in [-0.1, -0.05) is 164 Å². The van der Waals surface area contributed by atoms with Crippen LogP contribution in [0.5, 0.6) is 34.5 Å². The molecule has 0 spiro atoms. The van der Waals surface area contributed by atoms with Gasteiger partial charge >= 0.3 is 11.9 Å². The lowest BCUT2D eigenvalue weighted by atomic mass is 9.66. The Hall–Kier alpha value is -13.1. The van der Waals surface area contributed by atoms with Crippen LogP contribution in [0.2, 0.25) is 15.1 Å². The quantitative estimate of drug-likeness (QED) is 0.0242. The van der Waals surface area contributed by atoms with Gasteiger partial charge in [-0.05, 0) is 328 Å². The van der Waals surface area contributed by atoms with Crippen LogP contribution < -0.4 is 38.9 Å². The standard InChI is InChI=1S/C31H34ClN3O3.C31H33ClN2O4.C30H31ClN2O5.C30H34N2O3/c1-31(2,30(33)36)38-24-11-12-29-27(19-24)25(26-5-3-15-34-28(26)20-37-29)6-4-16-35-17-13-22(14-18-35)21-7-9-23(32)10-8-21;1-31(2,30(35)36)38-24-11-12-29-27(19-24)25(26-5-3-15-33-28(26)20-37-29)6-4-16-34-17-13-22(14-18-34)21-7-9-23(32)10-8-21;1-29(2)19-32(16-13-30(29,36)21-8-10-22(31)11-9-21)14-3-5-23-24-6-4-15-33(37)26(24)18-38-27-12-7-20(28(34)35)17-25(23)27;1-29(2,33)23-12-13-28-26(20-23)24(25-10-6-16-31-27(25)21-35-28)11-7-17-32-18-14-30(34,15-19-32)22-8-4-3-5-9-22/h3,5-12,15,19,22H,4,13-14,16-18,20H2,1-2H3,(H2,33,36);3,5-12,15,19,22H,4,13-14,16-18,20H2,1-2H3,(H,35,36);4-12,15,17,36H,3,13-14,16,18-19H2,1-2H3,(H,34,35);3-6,8-13,16,20,33-34H,7,14-15,17-19,21H2,1-2H3/b2*25-6+;23-5+;24-11+/t;;30-;/m..1./s1.